The SMILES string of the molecule is CCC[C@H]1OC(C(C)O)[C@@H](COC[C@@H]2OC(COCCOCCC3=CC=C3)[C@H](CO)C(O)C2O)C(O)C1OCCOCCO. The van der Waals surface area contributed by atoms with Crippen LogP contribution >= 0.6 is 0 Å². The molecule has 2 aliphatic heterocycles. The monoisotopic (exact) mass is 634 g/mol. The molecule has 0 spiro atoms. The Morgan fingerprint density at radius 3 is 2.14 bits per heavy atom. The van der Waals surface area contributed by atoms with E-state index in [0.29, 0.717) is 26.2 Å². The van der Waals surface area contributed by atoms with Crippen molar-refractivity contribution in [1.82, 2.24) is 0 Å². The first-order chi connectivity index (χ1) is 21.3. The Labute approximate surface area is 260 Å². The van der Waals surface area contributed by atoms with Crippen LogP contribution in [0.1, 0.15) is 33.1 Å². The fraction of sp³-hybridized carbons (Fsp3) is 0.871. The number of hydrogen-bond acceptors (Lipinski definition) is 13. The predicted octanol–water partition coefficient (Wildman–Crippen LogP) is -0.660. The molecule has 0 bridgehead atoms. The Kier molecular flexibility index (Phi) is 17.2. The van der Waals surface area contributed by atoms with Crippen LogP contribution in [0.2, 0.25) is 0 Å². The lowest BCUT2D eigenvalue weighted by Gasteiger charge is -2.46. The molecule has 44 heavy (non-hydrogen) atoms. The van der Waals surface area contributed by atoms with E-state index in [2.05, 4.69) is 0 Å². The molecule has 2 fully saturated rings. The molecule has 1 aliphatic carbocycles. The van der Waals surface area contributed by atoms with Gasteiger partial charge in [0.25, 0.3) is 0 Å². The van der Waals surface area contributed by atoms with Crippen LogP contribution < -0.4 is 0 Å². The van der Waals surface area contributed by atoms with Crippen LogP contribution in [0.3, 0.4) is 0 Å². The number of hydrogen-bond donors (Lipinski definition) is 6. The van der Waals surface area contributed by atoms with Crippen LogP contribution in [0.25, 0.3) is 0 Å². The normalized spacial score (nSPS) is 34.5. The highest BCUT2D eigenvalue weighted by Gasteiger charge is 2.48. The van der Waals surface area contributed by atoms with Crippen LogP contribution in [0, 0.1) is 11.8 Å². The van der Waals surface area contributed by atoms with E-state index in [4.69, 9.17) is 38.3 Å². The first-order valence-electron chi connectivity index (χ1n) is 15.9. The van der Waals surface area contributed by atoms with E-state index in [1.54, 1.807) is 6.92 Å². The highest BCUT2D eigenvalue weighted by molar-refractivity contribution is 5.34. The molecule has 11 atom stereocenters. The maximum Gasteiger partial charge on any atom is 0.110 e. The zero-order valence-corrected chi connectivity index (χ0v) is 26.0. The van der Waals surface area contributed by atoms with Crippen molar-refractivity contribution in [2.24, 2.45) is 11.8 Å². The maximum atomic E-state index is 11.3. The standard InChI is InChI=1S/C31H54O13/c1-3-5-24-31(42-15-14-39-11-9-32)28(36)23(30(44-24)20(2)34)17-41-19-26-29(37)27(35)22(16-33)25(43-26)18-40-13-12-38-10-8-21-6-4-7-21/h4,6-7,20,22-37H,3,5,8-19H2,1-2H3/t20?,22-,23-,24+,25?,26-,27?,28?,29?,30?,31?/m0/s1. The van der Waals surface area contributed by atoms with E-state index in [0.717, 1.165) is 12.8 Å². The molecular formula is C31H54O13. The Bertz CT molecular complexity index is 839. The van der Waals surface area contributed by atoms with Crippen molar-refractivity contribution in [1.29, 1.82) is 0 Å². The van der Waals surface area contributed by atoms with Gasteiger partial charge in [-0.3, -0.25) is 0 Å². The lowest BCUT2D eigenvalue weighted by Crippen LogP contribution is -2.60. The molecule has 0 radical (unpaired) electrons. The van der Waals surface area contributed by atoms with Gasteiger partial charge in [-0.05, 0) is 25.3 Å². The van der Waals surface area contributed by atoms with Crippen molar-refractivity contribution in [3.63, 3.8) is 0 Å². The van der Waals surface area contributed by atoms with Gasteiger partial charge in [0.15, 0.2) is 0 Å². The fourth-order valence-electron chi connectivity index (χ4n) is 5.79. The van der Waals surface area contributed by atoms with E-state index in [-0.39, 0.29) is 46.2 Å². The average Bonchev–Trinajstić information content (AvgIpc) is 2.98. The number of aliphatic hydroxyl groups excluding tert-OH is 6. The second-order valence-electron chi connectivity index (χ2n) is 11.6. The molecule has 6 N–H and O–H groups in total. The predicted molar refractivity (Wildman–Crippen MR) is 158 cm³/mol. The molecule has 0 aromatic heterocycles. The third-order valence-corrected chi connectivity index (χ3v) is 8.33. The minimum Gasteiger partial charge on any atom is -0.396 e. The summed E-state index contributed by atoms with van der Waals surface area (Å²) < 4.78 is 40.6. The van der Waals surface area contributed by atoms with Crippen LogP contribution in [-0.2, 0) is 33.2 Å². The van der Waals surface area contributed by atoms with Crippen molar-refractivity contribution in [2.75, 3.05) is 72.7 Å². The van der Waals surface area contributed by atoms with Crippen LogP contribution in [0.4, 0.5) is 0 Å². The van der Waals surface area contributed by atoms with Crippen LogP contribution in [-0.4, -0.2) is 158 Å². The Morgan fingerprint density at radius 1 is 0.773 bits per heavy atom. The Hall–Kier alpha value is -1.04. The molecule has 0 saturated carbocycles. The fourth-order valence-corrected chi connectivity index (χ4v) is 5.79. The van der Waals surface area contributed by atoms with Crippen LogP contribution in [0.15, 0.2) is 23.8 Å². The third kappa shape index (κ3) is 11.0. The van der Waals surface area contributed by atoms with Gasteiger partial charge in [-0.2, -0.15) is 0 Å². The minimum absolute atomic E-state index is 0.0340. The molecule has 2 heterocycles. The topological polar surface area (TPSA) is 186 Å². The summed E-state index contributed by atoms with van der Waals surface area (Å²) in [5.41, 5.74) is 1.24. The Balaban J connectivity index is 1.51. The van der Waals surface area contributed by atoms with Gasteiger partial charge in [-0.25, -0.2) is 0 Å². The quantitative estimate of drug-likeness (QED) is 0.0826. The van der Waals surface area contributed by atoms with Crippen molar-refractivity contribution < 1.29 is 63.8 Å². The van der Waals surface area contributed by atoms with E-state index < -0.39 is 73.4 Å². The molecule has 0 aromatic rings. The van der Waals surface area contributed by atoms with Gasteiger partial charge in [-0.1, -0.05) is 31.6 Å². The summed E-state index contributed by atoms with van der Waals surface area (Å²) in [4.78, 5) is 0. The smallest absolute Gasteiger partial charge is 0.110 e. The lowest BCUT2D eigenvalue weighted by atomic mass is 9.83. The van der Waals surface area contributed by atoms with E-state index in [9.17, 15) is 25.5 Å². The molecule has 3 aliphatic rings. The molecule has 7 unspecified atom stereocenters. The maximum absolute atomic E-state index is 11.3. The summed E-state index contributed by atoms with van der Waals surface area (Å²) >= 11 is 0. The summed E-state index contributed by atoms with van der Waals surface area (Å²) in [7, 11) is 0. The number of rotatable bonds is 22. The summed E-state index contributed by atoms with van der Waals surface area (Å²) in [6.45, 7) is 4.93. The van der Waals surface area contributed by atoms with Gasteiger partial charge in [0.05, 0.1) is 109 Å². The number of ether oxygens (including phenoxy) is 7. The van der Waals surface area contributed by atoms with Gasteiger partial charge < -0.3 is 63.8 Å². The largest absolute Gasteiger partial charge is 0.396 e. The number of allylic oxidation sites excluding steroid dienone is 3. The second-order valence-corrected chi connectivity index (χ2v) is 11.6. The zero-order valence-electron chi connectivity index (χ0n) is 26.0. The molecule has 256 valence electrons. The summed E-state index contributed by atoms with van der Waals surface area (Å²) in [6, 6.07) is 0. The van der Waals surface area contributed by atoms with E-state index in [1.165, 1.54) is 5.57 Å². The first kappa shape index (κ1) is 37.4. The van der Waals surface area contributed by atoms with E-state index >= 15 is 0 Å². The van der Waals surface area contributed by atoms with E-state index in [1.807, 2.05) is 25.2 Å². The molecular weight excluding hydrogens is 580 g/mol. The van der Waals surface area contributed by atoms with Gasteiger partial charge in [-0.15, -0.1) is 0 Å². The number of aliphatic hydroxyl groups is 6. The molecule has 2 saturated heterocycles. The highest BCUT2D eigenvalue weighted by atomic mass is 16.6. The summed E-state index contributed by atoms with van der Waals surface area (Å²) in [5.74, 6) is -1.40. The Morgan fingerprint density at radius 2 is 1.48 bits per heavy atom. The van der Waals surface area contributed by atoms with Crippen molar-refractivity contribution in [2.45, 2.75) is 88.0 Å². The summed E-state index contributed by atoms with van der Waals surface area (Å²) in [5, 5.41) is 62.0. The molecule has 3 rings (SSSR count). The molecule has 0 amide bonds. The highest BCUT2D eigenvalue weighted by Crippen LogP contribution is 2.33. The van der Waals surface area contributed by atoms with Gasteiger partial charge in [0, 0.05) is 11.8 Å². The van der Waals surface area contributed by atoms with Gasteiger partial charge in [0.1, 0.15) is 18.3 Å². The molecule has 13 nitrogen and oxygen atoms in total. The zero-order chi connectivity index (χ0) is 31.9. The molecule has 0 aromatic carbocycles. The van der Waals surface area contributed by atoms with Crippen LogP contribution in [0.5, 0.6) is 0 Å². The third-order valence-electron chi connectivity index (χ3n) is 8.33. The second kappa shape index (κ2) is 20.3. The van der Waals surface area contributed by atoms with Crippen molar-refractivity contribution >= 4 is 0 Å². The average molecular weight is 635 g/mol. The van der Waals surface area contributed by atoms with Crippen molar-refractivity contribution in [3.8, 4) is 0 Å². The minimum atomic E-state index is -1.31. The van der Waals surface area contributed by atoms with Gasteiger partial charge in [0.2, 0.25) is 0 Å². The van der Waals surface area contributed by atoms with Crippen molar-refractivity contribution in [3.05, 3.63) is 23.8 Å². The summed E-state index contributed by atoms with van der Waals surface area (Å²) in [6.07, 6.45) is 0.365. The molecule has 13 heteroatoms. The lowest BCUT2D eigenvalue weighted by molar-refractivity contribution is -0.253. The van der Waals surface area contributed by atoms with Gasteiger partial charge >= 0.3 is 0 Å². The first-order valence-corrected chi connectivity index (χ1v) is 15.9.